The molecule has 3 aromatic carbocycles. The van der Waals surface area contributed by atoms with Crippen LogP contribution in [0.4, 0.5) is 11.4 Å². The van der Waals surface area contributed by atoms with Gasteiger partial charge in [-0.25, -0.2) is 0 Å². The Hall–Kier alpha value is -3.11. The predicted octanol–water partition coefficient (Wildman–Crippen LogP) is 3.93. The molecule has 5 N–H and O–H groups in total. The number of aliphatic hydroxyl groups excluding tert-OH is 1. The van der Waals surface area contributed by atoms with Gasteiger partial charge >= 0.3 is 0 Å². The van der Waals surface area contributed by atoms with E-state index < -0.39 is 28.5 Å². The van der Waals surface area contributed by atoms with Crippen molar-refractivity contribution in [3.05, 3.63) is 80.1 Å². The van der Waals surface area contributed by atoms with E-state index in [0.717, 1.165) is 24.0 Å². The Kier molecular flexibility index (Phi) is 13.1. The van der Waals surface area contributed by atoms with Crippen molar-refractivity contribution >= 4 is 23.0 Å². The van der Waals surface area contributed by atoms with Crippen molar-refractivity contribution in [3.63, 3.8) is 0 Å². The second kappa shape index (κ2) is 16.5. The van der Waals surface area contributed by atoms with Crippen LogP contribution in [0.25, 0.3) is 0 Å². The lowest BCUT2D eigenvalue weighted by Gasteiger charge is -2.28. The van der Waals surface area contributed by atoms with Crippen LogP contribution in [0.3, 0.4) is 0 Å². The molecule has 0 radical (unpaired) electrons. The Morgan fingerprint density at radius 2 is 1.64 bits per heavy atom. The highest BCUT2D eigenvalue weighted by atomic mass is 35.5. The van der Waals surface area contributed by atoms with Crippen molar-refractivity contribution in [1.82, 2.24) is 0 Å². The van der Waals surface area contributed by atoms with Gasteiger partial charge < -0.3 is 35.7 Å². The maximum atomic E-state index is 12.2. The number of methoxy groups -OCH3 is 2. The zero-order valence-electron chi connectivity index (χ0n) is 24.9. The molecule has 0 amide bonds. The molecule has 0 bridgehead atoms. The lowest BCUT2D eigenvalue weighted by molar-refractivity contribution is 0.137. The minimum atomic E-state index is -0.935. The number of hydrogen-bond donors (Lipinski definition) is 4. The third-order valence-corrected chi connectivity index (χ3v) is 7.71. The number of rotatable bonds is 19. The van der Waals surface area contributed by atoms with E-state index in [-0.39, 0.29) is 23.8 Å². The number of anilines is 2. The van der Waals surface area contributed by atoms with E-state index in [1.54, 1.807) is 14.2 Å². The standard InChI is InChI=1S/C32H44ClN3O6/c1-20(2)23(15-22-11-12-26(41-4)27(16-22)42-14-8-13-40-3)18-24(34)25(37)19-35-29-30(32(39)31(29)38)36-28(33)17-21-9-6-5-7-10-21/h5-7,9-12,16,20,23-25,28,35-37H,8,13-15,17-19,34H2,1-4H3/t23-,24-,25-,28?/m0/s1. The fraction of sp³-hybridized carbons (Fsp3) is 0.500. The highest BCUT2D eigenvalue weighted by Crippen LogP contribution is 2.31. The van der Waals surface area contributed by atoms with Gasteiger partial charge in [-0.15, -0.1) is 0 Å². The van der Waals surface area contributed by atoms with Gasteiger partial charge in [-0.3, -0.25) is 9.59 Å². The first-order valence-electron chi connectivity index (χ1n) is 14.4. The van der Waals surface area contributed by atoms with Crippen molar-refractivity contribution in [2.75, 3.05) is 44.6 Å². The molecule has 42 heavy (non-hydrogen) atoms. The number of halogens is 1. The molecular formula is C32H44ClN3O6. The molecule has 0 saturated heterocycles. The molecule has 0 saturated carbocycles. The average Bonchev–Trinajstić information content (AvgIpc) is 2.98. The van der Waals surface area contributed by atoms with Crippen LogP contribution in [0.15, 0.2) is 58.1 Å². The molecule has 3 rings (SSSR count). The maximum absolute atomic E-state index is 12.2. The fourth-order valence-corrected chi connectivity index (χ4v) is 5.12. The normalized spacial score (nSPS) is 14.4. The Labute approximate surface area is 253 Å². The molecule has 0 spiro atoms. The summed E-state index contributed by atoms with van der Waals surface area (Å²) in [5.74, 6) is 1.84. The van der Waals surface area contributed by atoms with Gasteiger partial charge in [-0.05, 0) is 47.9 Å². The van der Waals surface area contributed by atoms with Gasteiger partial charge in [0.25, 0.3) is 10.9 Å². The number of alkyl halides is 1. The third-order valence-electron chi connectivity index (χ3n) is 7.45. The first kappa shape index (κ1) is 33.4. The number of ether oxygens (including phenoxy) is 3. The van der Waals surface area contributed by atoms with E-state index in [2.05, 4.69) is 24.5 Å². The molecule has 0 aliphatic carbocycles. The third kappa shape index (κ3) is 9.46. The van der Waals surface area contributed by atoms with Gasteiger partial charge in [0, 0.05) is 39.1 Å². The molecule has 0 aliphatic rings. The molecule has 1 unspecified atom stereocenters. The molecule has 3 aromatic rings. The van der Waals surface area contributed by atoms with Gasteiger partial charge in [0.1, 0.15) is 16.9 Å². The van der Waals surface area contributed by atoms with Crippen LogP contribution in [-0.4, -0.2) is 56.7 Å². The lowest BCUT2D eigenvalue weighted by Crippen LogP contribution is -2.44. The number of benzene rings is 2. The average molecular weight is 602 g/mol. The second-order valence-corrected chi connectivity index (χ2v) is 11.5. The SMILES string of the molecule is COCCCOc1cc(C[C@@H](C[C@H](N)[C@@H](O)CNc2c(NC(Cl)Cc3ccccc3)c(=O)c2=O)C(C)C)ccc1OC. The Bertz CT molecular complexity index is 1310. The van der Waals surface area contributed by atoms with Crippen molar-refractivity contribution in [2.45, 2.75) is 57.2 Å². The summed E-state index contributed by atoms with van der Waals surface area (Å²) in [6, 6.07) is 15.0. The Morgan fingerprint density at radius 1 is 0.929 bits per heavy atom. The van der Waals surface area contributed by atoms with Crippen LogP contribution in [0.1, 0.15) is 37.8 Å². The highest BCUT2D eigenvalue weighted by Gasteiger charge is 2.26. The van der Waals surface area contributed by atoms with Crippen LogP contribution in [0.5, 0.6) is 11.5 Å². The van der Waals surface area contributed by atoms with Crippen molar-refractivity contribution in [1.29, 1.82) is 0 Å². The van der Waals surface area contributed by atoms with Gasteiger partial charge in [0.2, 0.25) is 0 Å². The van der Waals surface area contributed by atoms with Gasteiger partial charge in [-0.2, -0.15) is 0 Å². The minimum absolute atomic E-state index is 0.0269. The van der Waals surface area contributed by atoms with E-state index in [0.29, 0.717) is 43.5 Å². The van der Waals surface area contributed by atoms with Crippen LogP contribution in [-0.2, 0) is 17.6 Å². The monoisotopic (exact) mass is 601 g/mol. The van der Waals surface area contributed by atoms with Crippen LogP contribution in [0.2, 0.25) is 0 Å². The second-order valence-electron chi connectivity index (χ2n) is 10.9. The van der Waals surface area contributed by atoms with Gasteiger partial charge in [0.15, 0.2) is 11.5 Å². The quantitative estimate of drug-likeness (QED) is 0.0698. The summed E-state index contributed by atoms with van der Waals surface area (Å²) in [6.45, 7) is 5.43. The Balaban J connectivity index is 1.57. The minimum Gasteiger partial charge on any atom is -0.493 e. The van der Waals surface area contributed by atoms with E-state index in [9.17, 15) is 14.7 Å². The van der Waals surface area contributed by atoms with Crippen molar-refractivity contribution < 1.29 is 19.3 Å². The van der Waals surface area contributed by atoms with E-state index >= 15 is 0 Å². The highest BCUT2D eigenvalue weighted by molar-refractivity contribution is 6.21. The summed E-state index contributed by atoms with van der Waals surface area (Å²) in [5.41, 5.74) is 6.94. The Morgan fingerprint density at radius 3 is 2.31 bits per heavy atom. The van der Waals surface area contributed by atoms with Crippen LogP contribution < -0.4 is 36.7 Å². The van der Waals surface area contributed by atoms with Gasteiger partial charge in [0.05, 0.1) is 19.8 Å². The molecule has 0 heterocycles. The molecule has 0 aliphatic heterocycles. The first-order valence-corrected chi connectivity index (χ1v) is 14.8. The molecule has 230 valence electrons. The molecular weight excluding hydrogens is 558 g/mol. The van der Waals surface area contributed by atoms with E-state index in [1.165, 1.54) is 0 Å². The van der Waals surface area contributed by atoms with Crippen LogP contribution >= 0.6 is 11.6 Å². The molecule has 0 aromatic heterocycles. The molecule has 4 atom stereocenters. The summed E-state index contributed by atoms with van der Waals surface area (Å²) < 4.78 is 16.5. The molecule has 10 heteroatoms. The lowest BCUT2D eigenvalue weighted by atomic mass is 9.83. The zero-order chi connectivity index (χ0) is 30.6. The fourth-order valence-electron chi connectivity index (χ4n) is 4.83. The summed E-state index contributed by atoms with van der Waals surface area (Å²) in [4.78, 5) is 24.5. The van der Waals surface area contributed by atoms with Crippen molar-refractivity contribution in [2.24, 2.45) is 17.6 Å². The smallest absolute Gasteiger partial charge is 0.253 e. The zero-order valence-corrected chi connectivity index (χ0v) is 25.7. The predicted molar refractivity (Wildman–Crippen MR) is 169 cm³/mol. The topological polar surface area (TPSA) is 132 Å². The van der Waals surface area contributed by atoms with Crippen LogP contribution in [0, 0.1) is 11.8 Å². The summed E-state index contributed by atoms with van der Waals surface area (Å²) in [5, 5.41) is 16.7. The summed E-state index contributed by atoms with van der Waals surface area (Å²) in [7, 11) is 3.28. The number of nitrogens with one attached hydrogen (secondary N) is 2. The largest absolute Gasteiger partial charge is 0.493 e. The molecule has 9 nitrogen and oxygen atoms in total. The van der Waals surface area contributed by atoms with E-state index in [4.69, 9.17) is 31.5 Å². The maximum Gasteiger partial charge on any atom is 0.253 e. The summed E-state index contributed by atoms with van der Waals surface area (Å²) >= 11 is 6.41. The number of aliphatic hydroxyl groups is 1. The van der Waals surface area contributed by atoms with E-state index in [1.807, 2.05) is 48.5 Å². The van der Waals surface area contributed by atoms with Gasteiger partial charge in [-0.1, -0.05) is 61.8 Å². The molecule has 0 fully saturated rings. The first-order chi connectivity index (χ1) is 20.1. The number of nitrogens with two attached hydrogens (primary N) is 1. The number of hydrogen-bond acceptors (Lipinski definition) is 9. The van der Waals surface area contributed by atoms with Crippen molar-refractivity contribution in [3.8, 4) is 11.5 Å². The summed E-state index contributed by atoms with van der Waals surface area (Å²) in [6.07, 6.45) is 1.62.